The molecule has 5 atom stereocenters. The summed E-state index contributed by atoms with van der Waals surface area (Å²) in [5, 5.41) is 0. The summed E-state index contributed by atoms with van der Waals surface area (Å²) in [7, 11) is 0. The predicted octanol–water partition coefficient (Wildman–Crippen LogP) is 8.75. The molecule has 0 aromatic carbocycles. The molecule has 3 heterocycles. The number of fused-ring (bicyclic) bond motifs is 3. The van der Waals surface area contributed by atoms with Crippen LogP contribution in [0.2, 0.25) is 0 Å². The molecule has 0 bridgehead atoms. The fourth-order valence-corrected chi connectivity index (χ4v) is 6.42. The van der Waals surface area contributed by atoms with Gasteiger partial charge in [0.05, 0.1) is 0 Å². The third-order valence-corrected chi connectivity index (χ3v) is 8.64. The van der Waals surface area contributed by atoms with E-state index in [0.29, 0.717) is 6.42 Å². The Morgan fingerprint density at radius 1 is 0.561 bits per heavy atom. The summed E-state index contributed by atoms with van der Waals surface area (Å²) in [6.45, 7) is 9.89. The van der Waals surface area contributed by atoms with Crippen molar-refractivity contribution in [2.75, 3.05) is 6.61 Å². The van der Waals surface area contributed by atoms with Crippen LogP contribution in [0.3, 0.4) is 0 Å². The van der Waals surface area contributed by atoms with Crippen molar-refractivity contribution in [2.24, 2.45) is 0 Å². The van der Waals surface area contributed by atoms with Crippen LogP contribution in [0, 0.1) is 0 Å². The van der Waals surface area contributed by atoms with E-state index in [9.17, 15) is 4.79 Å². The number of carbonyl (C=O) groups excluding carboxylic acids is 1. The van der Waals surface area contributed by atoms with E-state index < -0.39 is 24.0 Å². The van der Waals surface area contributed by atoms with Gasteiger partial charge in [-0.05, 0) is 34.1 Å². The van der Waals surface area contributed by atoms with E-state index in [1.807, 2.05) is 27.7 Å². The van der Waals surface area contributed by atoms with Crippen LogP contribution < -0.4 is 0 Å². The number of esters is 1. The van der Waals surface area contributed by atoms with Crippen molar-refractivity contribution in [2.45, 2.75) is 205 Å². The number of carbonyl (C=O) groups is 1. The van der Waals surface area contributed by atoms with Gasteiger partial charge in [0.2, 0.25) is 0 Å². The molecule has 0 saturated carbocycles. The molecule has 0 aliphatic carbocycles. The summed E-state index contributed by atoms with van der Waals surface area (Å²) >= 11 is 0. The summed E-state index contributed by atoms with van der Waals surface area (Å²) in [6.07, 6.45) is 23.8. The fourth-order valence-electron chi connectivity index (χ4n) is 6.42. The van der Waals surface area contributed by atoms with Gasteiger partial charge in [-0.1, -0.05) is 122 Å². The van der Waals surface area contributed by atoms with E-state index in [2.05, 4.69) is 6.92 Å². The van der Waals surface area contributed by atoms with E-state index >= 15 is 0 Å². The molecular weight excluding hydrogens is 520 g/mol. The average Bonchev–Trinajstić information content (AvgIpc) is 3.42. The van der Waals surface area contributed by atoms with Crippen molar-refractivity contribution < 1.29 is 33.2 Å². The molecule has 3 aliphatic heterocycles. The third-order valence-electron chi connectivity index (χ3n) is 8.64. The first-order chi connectivity index (χ1) is 19.7. The minimum atomic E-state index is -0.756. The lowest BCUT2D eigenvalue weighted by atomic mass is 9.99. The Kier molecular flexibility index (Phi) is 15.4. The van der Waals surface area contributed by atoms with Crippen LogP contribution in [-0.4, -0.2) is 54.9 Å². The minimum Gasteiger partial charge on any atom is -0.463 e. The van der Waals surface area contributed by atoms with Crippen LogP contribution >= 0.6 is 0 Å². The highest BCUT2D eigenvalue weighted by molar-refractivity contribution is 5.69. The maximum Gasteiger partial charge on any atom is 0.305 e. The molecule has 0 radical (unpaired) electrons. The molecule has 0 unspecified atom stereocenters. The minimum absolute atomic E-state index is 0.131. The Hall–Kier alpha value is -0.730. The predicted molar refractivity (Wildman–Crippen MR) is 161 cm³/mol. The van der Waals surface area contributed by atoms with Crippen molar-refractivity contribution >= 4 is 5.97 Å². The average molecular weight is 583 g/mol. The number of hydrogen-bond donors (Lipinski definition) is 0. The van der Waals surface area contributed by atoms with Crippen LogP contribution in [0.15, 0.2) is 0 Å². The largest absolute Gasteiger partial charge is 0.463 e. The first-order valence-electron chi connectivity index (χ1n) is 17.2. The second kappa shape index (κ2) is 18.2. The van der Waals surface area contributed by atoms with Crippen LogP contribution in [0.4, 0.5) is 0 Å². The van der Waals surface area contributed by atoms with Gasteiger partial charge in [0.1, 0.15) is 31.0 Å². The van der Waals surface area contributed by atoms with Gasteiger partial charge < -0.3 is 28.4 Å². The molecule has 3 saturated heterocycles. The number of unbranched alkanes of at least 4 members (excludes halogenated alkanes) is 18. The molecular formula is C34H62O7. The Balaban J connectivity index is 1.12. The van der Waals surface area contributed by atoms with Gasteiger partial charge in [0, 0.05) is 6.42 Å². The molecule has 0 spiro atoms. The van der Waals surface area contributed by atoms with Crippen LogP contribution in [0.25, 0.3) is 0 Å². The maximum absolute atomic E-state index is 12.4. The van der Waals surface area contributed by atoms with Gasteiger partial charge in [-0.25, -0.2) is 0 Å². The van der Waals surface area contributed by atoms with Crippen molar-refractivity contribution in [3.05, 3.63) is 0 Å². The van der Waals surface area contributed by atoms with Crippen LogP contribution in [-0.2, 0) is 33.2 Å². The standard InChI is InChI=1S/C34H62O7/c1-6-7-8-9-10-11-12-13-14-15-16-17-18-19-20-21-22-23-24-25-28(35)36-26-27-29-30(39-33(2,3)38-29)31-32(37-27)41-34(4,5)40-31/h27,29-32H,6-26H2,1-5H3/t27-,29+,30+,31+,32+/m0/s1. The van der Waals surface area contributed by atoms with E-state index in [-0.39, 0.29) is 30.9 Å². The summed E-state index contributed by atoms with van der Waals surface area (Å²) in [5.41, 5.74) is 0. The zero-order valence-electron chi connectivity index (χ0n) is 27.1. The van der Waals surface area contributed by atoms with Gasteiger partial charge in [-0.15, -0.1) is 0 Å². The molecule has 7 heteroatoms. The quantitative estimate of drug-likeness (QED) is 0.0933. The van der Waals surface area contributed by atoms with E-state index in [4.69, 9.17) is 28.4 Å². The molecule has 3 rings (SSSR count). The highest BCUT2D eigenvalue weighted by Gasteiger charge is 2.60. The first-order valence-corrected chi connectivity index (χ1v) is 17.2. The highest BCUT2D eigenvalue weighted by Crippen LogP contribution is 2.44. The zero-order chi connectivity index (χ0) is 29.6. The second-order valence-corrected chi connectivity index (χ2v) is 13.5. The Morgan fingerprint density at radius 3 is 1.49 bits per heavy atom. The summed E-state index contributed by atoms with van der Waals surface area (Å²) in [4.78, 5) is 12.4. The van der Waals surface area contributed by atoms with Gasteiger partial charge in [0.25, 0.3) is 0 Å². The lowest BCUT2D eigenvalue weighted by Crippen LogP contribution is -2.56. The summed E-state index contributed by atoms with van der Waals surface area (Å²) in [6, 6.07) is 0. The van der Waals surface area contributed by atoms with Gasteiger partial charge in [-0.2, -0.15) is 0 Å². The molecule has 0 aromatic rings. The summed E-state index contributed by atoms with van der Waals surface area (Å²) in [5.74, 6) is -1.69. The first kappa shape index (κ1) is 34.8. The summed E-state index contributed by atoms with van der Waals surface area (Å²) < 4.78 is 35.9. The Labute approximate surface area is 251 Å². The van der Waals surface area contributed by atoms with Crippen molar-refractivity contribution in [3.63, 3.8) is 0 Å². The lowest BCUT2D eigenvalue weighted by molar-refractivity contribution is -0.242. The van der Waals surface area contributed by atoms with E-state index in [1.165, 1.54) is 109 Å². The van der Waals surface area contributed by atoms with Crippen LogP contribution in [0.5, 0.6) is 0 Å². The molecule has 41 heavy (non-hydrogen) atoms. The monoisotopic (exact) mass is 582 g/mol. The maximum atomic E-state index is 12.4. The topological polar surface area (TPSA) is 72.5 Å². The molecule has 0 amide bonds. The van der Waals surface area contributed by atoms with E-state index in [1.54, 1.807) is 0 Å². The third kappa shape index (κ3) is 12.8. The van der Waals surface area contributed by atoms with Crippen molar-refractivity contribution in [3.8, 4) is 0 Å². The number of ether oxygens (including phenoxy) is 6. The van der Waals surface area contributed by atoms with Gasteiger partial charge in [0.15, 0.2) is 17.9 Å². The molecule has 0 N–H and O–H groups in total. The fraction of sp³-hybridized carbons (Fsp3) is 0.971. The highest BCUT2D eigenvalue weighted by atomic mass is 16.9. The van der Waals surface area contributed by atoms with Crippen LogP contribution in [0.1, 0.15) is 163 Å². The molecule has 7 nitrogen and oxygen atoms in total. The number of hydrogen-bond acceptors (Lipinski definition) is 7. The van der Waals surface area contributed by atoms with Gasteiger partial charge >= 0.3 is 5.97 Å². The lowest BCUT2D eigenvalue weighted by Gasteiger charge is -2.36. The normalized spacial score (nSPS) is 28.0. The molecule has 3 fully saturated rings. The van der Waals surface area contributed by atoms with Crippen molar-refractivity contribution in [1.29, 1.82) is 0 Å². The Morgan fingerprint density at radius 2 is 0.976 bits per heavy atom. The second-order valence-electron chi connectivity index (χ2n) is 13.5. The SMILES string of the molecule is CCCCCCCCCCCCCCCCCCCCCC(=O)OC[C@@H]1O[C@@H]2OC(C)(C)O[C@@H]2[C@@H]2OC(C)(C)O[C@@H]21. The zero-order valence-corrected chi connectivity index (χ0v) is 27.1. The number of rotatable bonds is 22. The van der Waals surface area contributed by atoms with E-state index in [0.717, 1.165) is 12.8 Å². The van der Waals surface area contributed by atoms with Crippen molar-refractivity contribution in [1.82, 2.24) is 0 Å². The molecule has 3 aliphatic rings. The smallest absolute Gasteiger partial charge is 0.305 e. The van der Waals surface area contributed by atoms with Gasteiger partial charge in [-0.3, -0.25) is 4.79 Å². The molecule has 240 valence electrons. The Bertz CT molecular complexity index is 724. The molecule has 0 aromatic heterocycles.